The maximum atomic E-state index is 13.1. The largest absolute Gasteiger partial charge is 0.482 e. The van der Waals surface area contributed by atoms with Gasteiger partial charge in [-0.2, -0.15) is 13.2 Å². The molecular weight excluding hydrogens is 477 g/mol. The molecule has 1 aromatic carbocycles. The fourth-order valence-electron chi connectivity index (χ4n) is 4.39. The third-order valence-corrected chi connectivity index (χ3v) is 6.42. The number of anilines is 1. The van der Waals surface area contributed by atoms with Gasteiger partial charge in [0.25, 0.3) is 5.56 Å². The third-order valence-electron chi connectivity index (χ3n) is 6.42. The van der Waals surface area contributed by atoms with Crippen molar-refractivity contribution in [3.8, 4) is 11.6 Å². The number of furan rings is 1. The molecule has 3 aromatic rings. The van der Waals surface area contributed by atoms with E-state index in [4.69, 9.17) is 9.15 Å². The van der Waals surface area contributed by atoms with E-state index in [1.165, 1.54) is 15.4 Å². The van der Waals surface area contributed by atoms with Gasteiger partial charge < -0.3 is 14.1 Å². The summed E-state index contributed by atoms with van der Waals surface area (Å²) in [5.41, 5.74) is 0.943. The van der Waals surface area contributed by atoms with Crippen molar-refractivity contribution in [3.63, 3.8) is 0 Å². The zero-order valence-corrected chi connectivity index (χ0v) is 20.3. The van der Waals surface area contributed by atoms with Crippen LogP contribution in [0.2, 0.25) is 0 Å². The maximum Gasteiger partial charge on any atom is 0.422 e. The second kappa shape index (κ2) is 10.7. The minimum absolute atomic E-state index is 0.213. The first kappa shape index (κ1) is 25.6. The second-order valence-corrected chi connectivity index (χ2v) is 8.79. The molecule has 0 aliphatic carbocycles. The van der Waals surface area contributed by atoms with Crippen LogP contribution in [0.4, 0.5) is 18.9 Å². The standard InChI is InChI=1S/C25H29F3N4O4/c1-18-19(2)32(22-9-5-16-35-22)24(34)31(23(18)33)11-6-10-29-12-14-30(15-13-29)20-7-3-4-8-21(20)36-17-25(26,27)28/h3-5,7-9,16H,6,10-15,17H2,1-2H3. The zero-order valence-electron chi connectivity index (χ0n) is 20.3. The number of benzene rings is 1. The van der Waals surface area contributed by atoms with Crippen LogP contribution in [0.25, 0.3) is 5.88 Å². The highest BCUT2D eigenvalue weighted by Gasteiger charge is 2.29. The summed E-state index contributed by atoms with van der Waals surface area (Å²) in [4.78, 5) is 30.1. The molecule has 0 spiro atoms. The lowest BCUT2D eigenvalue weighted by atomic mass is 10.2. The predicted molar refractivity (Wildman–Crippen MR) is 129 cm³/mol. The molecule has 0 N–H and O–H groups in total. The molecule has 0 amide bonds. The van der Waals surface area contributed by atoms with Gasteiger partial charge in [-0.1, -0.05) is 12.1 Å². The van der Waals surface area contributed by atoms with Crippen molar-refractivity contribution >= 4 is 5.69 Å². The molecule has 36 heavy (non-hydrogen) atoms. The van der Waals surface area contributed by atoms with Crippen LogP contribution in [0.3, 0.4) is 0 Å². The SMILES string of the molecule is Cc1c(C)n(-c2ccco2)c(=O)n(CCCN2CCN(c3ccccc3OCC(F)(F)F)CC2)c1=O. The highest BCUT2D eigenvalue weighted by molar-refractivity contribution is 5.58. The molecule has 0 atom stereocenters. The fourth-order valence-corrected chi connectivity index (χ4v) is 4.39. The average Bonchev–Trinajstić information content (AvgIpc) is 3.38. The third kappa shape index (κ3) is 5.67. The Morgan fingerprint density at radius 2 is 1.69 bits per heavy atom. The van der Waals surface area contributed by atoms with E-state index in [1.807, 2.05) is 4.90 Å². The Labute approximate surface area is 206 Å². The van der Waals surface area contributed by atoms with Crippen molar-refractivity contribution in [2.24, 2.45) is 0 Å². The van der Waals surface area contributed by atoms with Crippen LogP contribution in [0, 0.1) is 13.8 Å². The molecule has 1 aliphatic rings. The molecule has 0 radical (unpaired) electrons. The molecule has 8 nitrogen and oxygen atoms in total. The highest BCUT2D eigenvalue weighted by atomic mass is 19.4. The van der Waals surface area contributed by atoms with Crippen LogP contribution in [-0.4, -0.2) is 59.5 Å². The Balaban J connectivity index is 1.36. The minimum atomic E-state index is -4.40. The molecule has 194 valence electrons. The Morgan fingerprint density at radius 3 is 2.36 bits per heavy atom. The van der Waals surface area contributed by atoms with E-state index < -0.39 is 18.5 Å². The van der Waals surface area contributed by atoms with Gasteiger partial charge in [-0.3, -0.25) is 14.3 Å². The van der Waals surface area contributed by atoms with Crippen molar-refractivity contribution in [1.82, 2.24) is 14.0 Å². The molecule has 1 saturated heterocycles. The summed E-state index contributed by atoms with van der Waals surface area (Å²) in [6.45, 7) is 5.69. The quantitative estimate of drug-likeness (QED) is 0.467. The summed E-state index contributed by atoms with van der Waals surface area (Å²) in [5.74, 6) is 0.579. The van der Waals surface area contributed by atoms with Gasteiger partial charge >= 0.3 is 11.9 Å². The first-order valence-corrected chi connectivity index (χ1v) is 11.8. The van der Waals surface area contributed by atoms with Crippen molar-refractivity contribution in [2.75, 3.05) is 44.2 Å². The summed E-state index contributed by atoms with van der Waals surface area (Å²) in [6.07, 6.45) is -2.32. The van der Waals surface area contributed by atoms with Crippen molar-refractivity contribution in [2.45, 2.75) is 33.0 Å². The Bertz CT molecular complexity index is 1290. The fraction of sp³-hybridized carbons (Fsp3) is 0.440. The number of ether oxygens (including phenoxy) is 1. The second-order valence-electron chi connectivity index (χ2n) is 8.79. The van der Waals surface area contributed by atoms with E-state index >= 15 is 0 Å². The van der Waals surface area contributed by atoms with E-state index in [-0.39, 0.29) is 17.9 Å². The van der Waals surface area contributed by atoms with Gasteiger partial charge in [0.2, 0.25) is 5.88 Å². The molecular formula is C25H29F3N4O4. The number of alkyl halides is 3. The molecule has 4 rings (SSSR count). The van der Waals surface area contributed by atoms with Crippen LogP contribution in [0.15, 0.2) is 56.7 Å². The number of hydrogen-bond acceptors (Lipinski definition) is 6. The molecule has 11 heteroatoms. The first-order valence-electron chi connectivity index (χ1n) is 11.8. The van der Waals surface area contributed by atoms with Gasteiger partial charge in [-0.05, 0) is 45.0 Å². The predicted octanol–water partition coefficient (Wildman–Crippen LogP) is 3.36. The minimum Gasteiger partial charge on any atom is -0.482 e. The monoisotopic (exact) mass is 506 g/mol. The molecule has 2 aromatic heterocycles. The number of hydrogen-bond donors (Lipinski definition) is 0. The average molecular weight is 507 g/mol. The normalized spacial score (nSPS) is 14.9. The van der Waals surface area contributed by atoms with Crippen LogP contribution >= 0.6 is 0 Å². The molecule has 0 unspecified atom stereocenters. The zero-order chi connectivity index (χ0) is 25.9. The summed E-state index contributed by atoms with van der Waals surface area (Å²) >= 11 is 0. The van der Waals surface area contributed by atoms with E-state index in [0.29, 0.717) is 62.0 Å². The van der Waals surface area contributed by atoms with Crippen LogP contribution < -0.4 is 20.9 Å². The molecule has 0 bridgehead atoms. The Morgan fingerprint density at radius 1 is 0.972 bits per heavy atom. The van der Waals surface area contributed by atoms with Crippen LogP contribution in [0.5, 0.6) is 5.75 Å². The van der Waals surface area contributed by atoms with Crippen molar-refractivity contribution in [3.05, 3.63) is 74.8 Å². The lowest BCUT2D eigenvalue weighted by Crippen LogP contribution is -2.47. The lowest BCUT2D eigenvalue weighted by Gasteiger charge is -2.36. The van der Waals surface area contributed by atoms with Crippen LogP contribution in [0.1, 0.15) is 17.7 Å². The molecule has 0 saturated carbocycles. The van der Waals surface area contributed by atoms with E-state index in [1.54, 1.807) is 50.2 Å². The van der Waals surface area contributed by atoms with Gasteiger partial charge in [-0.15, -0.1) is 0 Å². The number of rotatable bonds is 8. The van der Waals surface area contributed by atoms with Gasteiger partial charge in [0.15, 0.2) is 6.61 Å². The van der Waals surface area contributed by atoms with Crippen molar-refractivity contribution < 1.29 is 22.3 Å². The Kier molecular flexibility index (Phi) is 7.58. The summed E-state index contributed by atoms with van der Waals surface area (Å²) in [6, 6.07) is 10.1. The summed E-state index contributed by atoms with van der Waals surface area (Å²) < 4.78 is 50.9. The van der Waals surface area contributed by atoms with Gasteiger partial charge in [0, 0.05) is 50.0 Å². The Hall–Kier alpha value is -3.47. The highest BCUT2D eigenvalue weighted by Crippen LogP contribution is 2.30. The van der Waals surface area contributed by atoms with E-state index in [2.05, 4.69) is 4.90 Å². The van der Waals surface area contributed by atoms with Gasteiger partial charge in [0.1, 0.15) is 5.75 Å². The maximum absolute atomic E-state index is 13.1. The molecule has 1 aliphatic heterocycles. The number of para-hydroxylation sites is 2. The molecule has 3 heterocycles. The summed E-state index contributed by atoms with van der Waals surface area (Å²) in [5, 5.41) is 0. The summed E-state index contributed by atoms with van der Waals surface area (Å²) in [7, 11) is 0. The van der Waals surface area contributed by atoms with Gasteiger partial charge in [-0.25, -0.2) is 9.36 Å². The molecule has 1 fully saturated rings. The van der Waals surface area contributed by atoms with Crippen molar-refractivity contribution in [1.29, 1.82) is 0 Å². The number of halogens is 3. The number of piperazine rings is 1. The van der Waals surface area contributed by atoms with E-state index in [0.717, 1.165) is 0 Å². The van der Waals surface area contributed by atoms with Gasteiger partial charge in [0.05, 0.1) is 12.0 Å². The number of nitrogens with zero attached hydrogens (tertiary/aromatic N) is 4. The smallest absolute Gasteiger partial charge is 0.422 e. The first-order chi connectivity index (χ1) is 17.2. The number of aromatic nitrogens is 2. The van der Waals surface area contributed by atoms with Crippen LogP contribution in [-0.2, 0) is 6.54 Å². The van der Waals surface area contributed by atoms with E-state index in [9.17, 15) is 22.8 Å². The lowest BCUT2D eigenvalue weighted by molar-refractivity contribution is -0.153. The topological polar surface area (TPSA) is 72.8 Å².